The van der Waals surface area contributed by atoms with Crippen molar-refractivity contribution >= 4 is 17.5 Å². The number of carbonyl (C=O) groups is 1. The first-order valence-corrected chi connectivity index (χ1v) is 9.70. The minimum Gasteiger partial charge on any atom is -0.444 e. The Hall–Kier alpha value is -2.57. The summed E-state index contributed by atoms with van der Waals surface area (Å²) in [5.74, 6) is 0. The van der Waals surface area contributed by atoms with E-state index in [1.54, 1.807) is 0 Å². The molecule has 29 heavy (non-hydrogen) atoms. The summed E-state index contributed by atoms with van der Waals surface area (Å²) in [5.41, 5.74) is 2.76. The van der Waals surface area contributed by atoms with E-state index in [2.05, 4.69) is 10.6 Å². The molecule has 2 aromatic carbocycles. The molecule has 2 aromatic rings. The largest absolute Gasteiger partial charge is 0.444 e. The molecule has 1 unspecified atom stereocenters. The molecule has 0 heterocycles. The molecule has 0 spiro atoms. The highest BCUT2D eigenvalue weighted by Crippen LogP contribution is 2.18. The number of aliphatic hydroxyl groups excluding tert-OH is 1. The zero-order chi connectivity index (χ0) is 21.7. The second-order valence-electron chi connectivity index (χ2n) is 8.92. The molecule has 1 atom stereocenters. The van der Waals surface area contributed by atoms with Gasteiger partial charge < -0.3 is 19.9 Å². The van der Waals surface area contributed by atoms with Gasteiger partial charge in [-0.15, -0.1) is 0 Å². The van der Waals surface area contributed by atoms with Crippen molar-refractivity contribution in [3.63, 3.8) is 0 Å². The number of benzene rings is 2. The van der Waals surface area contributed by atoms with Gasteiger partial charge >= 0.3 is 6.09 Å². The van der Waals surface area contributed by atoms with E-state index in [-0.39, 0.29) is 0 Å². The molecule has 6 heteroatoms. The van der Waals surface area contributed by atoms with Crippen molar-refractivity contribution in [1.29, 1.82) is 0 Å². The van der Waals surface area contributed by atoms with E-state index in [9.17, 15) is 9.90 Å². The molecule has 0 aliphatic rings. The highest BCUT2D eigenvalue weighted by atomic mass is 16.6. The van der Waals surface area contributed by atoms with Crippen LogP contribution in [0.15, 0.2) is 48.5 Å². The molecular formula is C23H32N2O4. The molecule has 0 saturated carbocycles. The maximum Gasteiger partial charge on any atom is 0.412 e. The van der Waals surface area contributed by atoms with E-state index in [0.29, 0.717) is 5.69 Å². The number of amides is 1. The Morgan fingerprint density at radius 3 is 1.79 bits per heavy atom. The molecule has 0 saturated heterocycles. The van der Waals surface area contributed by atoms with Gasteiger partial charge in [0.05, 0.1) is 5.60 Å². The fourth-order valence-corrected chi connectivity index (χ4v) is 2.59. The van der Waals surface area contributed by atoms with Gasteiger partial charge in [-0.25, -0.2) is 4.79 Å². The lowest BCUT2D eigenvalue weighted by Gasteiger charge is -2.24. The Labute approximate surface area is 173 Å². The number of aliphatic hydroxyl groups is 1. The number of hydrogen-bond acceptors (Lipinski definition) is 5. The van der Waals surface area contributed by atoms with Crippen molar-refractivity contribution < 1.29 is 19.4 Å². The van der Waals surface area contributed by atoms with E-state index >= 15 is 0 Å². The van der Waals surface area contributed by atoms with E-state index in [0.717, 1.165) is 23.2 Å². The van der Waals surface area contributed by atoms with Crippen LogP contribution in [0.2, 0.25) is 0 Å². The number of hydrogen-bond donors (Lipinski definition) is 3. The maximum atomic E-state index is 11.8. The number of nitrogens with one attached hydrogen (secondary N) is 2. The van der Waals surface area contributed by atoms with Crippen LogP contribution in [-0.2, 0) is 15.9 Å². The molecule has 0 aliphatic heterocycles. The van der Waals surface area contributed by atoms with Gasteiger partial charge in [-0.3, -0.25) is 5.32 Å². The van der Waals surface area contributed by atoms with Crippen molar-refractivity contribution in [2.75, 3.05) is 10.6 Å². The molecule has 158 valence electrons. The van der Waals surface area contributed by atoms with Gasteiger partial charge in [-0.2, -0.15) is 0 Å². The Morgan fingerprint density at radius 2 is 1.34 bits per heavy atom. The second kappa shape index (κ2) is 9.29. The second-order valence-corrected chi connectivity index (χ2v) is 8.92. The Morgan fingerprint density at radius 1 is 0.862 bits per heavy atom. The van der Waals surface area contributed by atoms with Crippen LogP contribution in [0.4, 0.5) is 16.2 Å². The summed E-state index contributed by atoms with van der Waals surface area (Å²) < 4.78 is 10.7. The zero-order valence-corrected chi connectivity index (χ0v) is 18.1. The highest BCUT2D eigenvalue weighted by molar-refractivity contribution is 5.84. The average molecular weight is 401 g/mol. The first kappa shape index (κ1) is 22.7. The highest BCUT2D eigenvalue weighted by Gasteiger charge is 2.17. The Kier molecular flexibility index (Phi) is 7.27. The Bertz CT molecular complexity index is 788. The summed E-state index contributed by atoms with van der Waals surface area (Å²) in [6.07, 6.45) is -0.773. The van der Waals surface area contributed by atoms with Crippen LogP contribution in [-0.4, -0.2) is 28.8 Å². The molecule has 0 aliphatic carbocycles. The average Bonchev–Trinajstić information content (AvgIpc) is 2.55. The molecule has 0 bridgehead atoms. The van der Waals surface area contributed by atoms with Crippen LogP contribution in [0.1, 0.15) is 52.7 Å². The molecule has 0 fully saturated rings. The van der Waals surface area contributed by atoms with Gasteiger partial charge in [-0.05, 0) is 83.4 Å². The van der Waals surface area contributed by atoms with Crippen LogP contribution in [0.5, 0.6) is 0 Å². The normalized spacial score (nSPS) is 12.9. The molecular weight excluding hydrogens is 368 g/mol. The smallest absolute Gasteiger partial charge is 0.412 e. The quantitative estimate of drug-likeness (QED) is 0.586. The minimum absolute atomic E-state index is 0.434. The molecule has 6 nitrogen and oxygen atoms in total. The molecule has 2 rings (SSSR count). The predicted molar refractivity (Wildman–Crippen MR) is 116 cm³/mol. The summed E-state index contributed by atoms with van der Waals surface area (Å²) in [6.45, 7) is 11.1. The van der Waals surface area contributed by atoms with Gasteiger partial charge in [0, 0.05) is 11.4 Å². The lowest BCUT2D eigenvalue weighted by Crippen LogP contribution is -2.32. The monoisotopic (exact) mass is 400 g/mol. The van der Waals surface area contributed by atoms with Crippen molar-refractivity contribution in [3.8, 4) is 0 Å². The van der Waals surface area contributed by atoms with Gasteiger partial charge in [0.2, 0.25) is 6.41 Å². The maximum absolute atomic E-state index is 11.8. The topological polar surface area (TPSA) is 79.8 Å². The summed E-state index contributed by atoms with van der Waals surface area (Å²) in [5, 5.41) is 15.6. The summed E-state index contributed by atoms with van der Waals surface area (Å²) in [6, 6.07) is 15.5. The summed E-state index contributed by atoms with van der Waals surface area (Å²) in [7, 11) is 0. The molecule has 3 N–H and O–H groups in total. The third kappa shape index (κ3) is 8.98. The van der Waals surface area contributed by atoms with Crippen LogP contribution >= 0.6 is 0 Å². The van der Waals surface area contributed by atoms with E-state index in [1.807, 2.05) is 90.1 Å². The third-order valence-electron chi connectivity index (χ3n) is 3.72. The number of anilines is 2. The first-order chi connectivity index (χ1) is 13.4. The van der Waals surface area contributed by atoms with Crippen molar-refractivity contribution in [2.45, 2.75) is 65.6 Å². The van der Waals surface area contributed by atoms with Crippen LogP contribution in [0.25, 0.3) is 0 Å². The lowest BCUT2D eigenvalue weighted by molar-refractivity contribution is -0.148. The van der Waals surface area contributed by atoms with E-state index in [1.165, 1.54) is 0 Å². The van der Waals surface area contributed by atoms with Gasteiger partial charge in [0.15, 0.2) is 0 Å². The fourth-order valence-electron chi connectivity index (χ4n) is 2.59. The zero-order valence-electron chi connectivity index (χ0n) is 18.1. The first-order valence-electron chi connectivity index (χ1n) is 9.70. The number of carbonyl (C=O) groups excluding carboxylic acids is 1. The van der Waals surface area contributed by atoms with Gasteiger partial charge in [0.1, 0.15) is 5.60 Å². The molecule has 0 aromatic heterocycles. The van der Waals surface area contributed by atoms with Crippen LogP contribution in [0.3, 0.4) is 0 Å². The van der Waals surface area contributed by atoms with Crippen molar-refractivity contribution in [1.82, 2.24) is 0 Å². The number of rotatable bonds is 6. The standard InChI is InChI=1S/C23H32N2O4/c1-22(2,3)28-20(26)24-18-11-7-16(8-12-18)15-17-9-13-19(14-10-17)25-21(27)29-23(4,5)6/h7-14,20,24,26H,15H2,1-6H3,(H,25,27). The summed E-state index contributed by atoms with van der Waals surface area (Å²) >= 11 is 0. The van der Waals surface area contributed by atoms with Crippen LogP contribution in [0, 0.1) is 0 Å². The Balaban J connectivity index is 1.89. The van der Waals surface area contributed by atoms with Crippen LogP contribution < -0.4 is 10.6 Å². The SMILES string of the molecule is CC(C)(C)OC(=O)Nc1ccc(Cc2ccc(NC(O)OC(C)(C)C)cc2)cc1. The molecule has 0 radical (unpaired) electrons. The van der Waals surface area contributed by atoms with Crippen molar-refractivity contribution in [3.05, 3.63) is 59.7 Å². The van der Waals surface area contributed by atoms with E-state index in [4.69, 9.17) is 9.47 Å². The van der Waals surface area contributed by atoms with Crippen molar-refractivity contribution in [2.24, 2.45) is 0 Å². The fraction of sp³-hybridized carbons (Fsp3) is 0.435. The summed E-state index contributed by atoms with van der Waals surface area (Å²) in [4.78, 5) is 11.8. The van der Waals surface area contributed by atoms with Gasteiger partial charge in [-0.1, -0.05) is 24.3 Å². The number of ether oxygens (including phenoxy) is 2. The third-order valence-corrected chi connectivity index (χ3v) is 3.72. The lowest BCUT2D eigenvalue weighted by atomic mass is 10.0. The minimum atomic E-state index is -1.06. The predicted octanol–water partition coefficient (Wildman–Crippen LogP) is 5.13. The van der Waals surface area contributed by atoms with E-state index < -0.39 is 23.7 Å². The van der Waals surface area contributed by atoms with Gasteiger partial charge in [0.25, 0.3) is 0 Å². The molecule has 1 amide bonds.